The van der Waals surface area contributed by atoms with Gasteiger partial charge >= 0.3 is 6.03 Å². The van der Waals surface area contributed by atoms with Crippen molar-refractivity contribution in [1.82, 2.24) is 25.7 Å². The zero-order valence-electron chi connectivity index (χ0n) is 11.9. The van der Waals surface area contributed by atoms with Gasteiger partial charge < -0.3 is 9.84 Å². The number of halogens is 1. The topological polar surface area (TPSA) is 106 Å². The Kier molecular flexibility index (Phi) is 4.24. The number of rotatable bonds is 4. The van der Waals surface area contributed by atoms with Crippen LogP contribution in [0, 0.1) is 12.7 Å². The van der Waals surface area contributed by atoms with Gasteiger partial charge in [-0.25, -0.2) is 9.18 Å². The summed E-state index contributed by atoms with van der Waals surface area (Å²) in [6.45, 7) is 1.61. The maximum atomic E-state index is 14.1. The van der Waals surface area contributed by atoms with E-state index in [1.54, 1.807) is 19.1 Å². The van der Waals surface area contributed by atoms with Gasteiger partial charge in [-0.05, 0) is 6.07 Å². The predicted molar refractivity (Wildman–Crippen MR) is 79.3 cm³/mol. The number of nitrogens with one attached hydrogen (secondary N) is 2. The molecular formula is C13H11FN6O2S. The number of hydrogen-bond donors (Lipinski definition) is 2. The Labute approximate surface area is 133 Å². The molecule has 0 bridgehead atoms. The fraction of sp³-hybridized carbons (Fsp3) is 0.154. The van der Waals surface area contributed by atoms with Crippen molar-refractivity contribution in [2.45, 2.75) is 13.0 Å². The van der Waals surface area contributed by atoms with Crippen LogP contribution < -0.4 is 10.6 Å². The largest absolute Gasteiger partial charge is 0.340 e. The van der Waals surface area contributed by atoms with Gasteiger partial charge in [0.15, 0.2) is 5.82 Å². The molecule has 0 spiro atoms. The van der Waals surface area contributed by atoms with Crippen LogP contribution in [0.4, 0.5) is 14.3 Å². The molecule has 1 aromatic carbocycles. The molecule has 2 aromatic heterocycles. The number of hydrogen-bond acceptors (Lipinski definition) is 7. The SMILES string of the molecule is Cc1nc(C(NC(=O)Nc2nncs2)c2ccccc2F)no1. The molecule has 1 atom stereocenters. The number of benzene rings is 1. The second-order valence-corrected chi connectivity index (χ2v) is 5.30. The van der Waals surface area contributed by atoms with Crippen LogP contribution in [-0.2, 0) is 0 Å². The molecule has 0 fully saturated rings. The quantitative estimate of drug-likeness (QED) is 0.758. The molecule has 0 aliphatic rings. The van der Waals surface area contributed by atoms with Crippen molar-refractivity contribution in [2.75, 3.05) is 5.32 Å². The molecule has 3 aromatic rings. The Morgan fingerprint density at radius 1 is 1.39 bits per heavy atom. The molecule has 8 nitrogen and oxygen atoms in total. The molecule has 118 valence electrons. The zero-order valence-corrected chi connectivity index (χ0v) is 12.7. The van der Waals surface area contributed by atoms with Crippen LogP contribution in [0.5, 0.6) is 0 Å². The summed E-state index contributed by atoms with van der Waals surface area (Å²) in [5, 5.41) is 16.5. The van der Waals surface area contributed by atoms with E-state index in [1.165, 1.54) is 17.6 Å². The van der Waals surface area contributed by atoms with E-state index in [1.807, 2.05) is 0 Å². The van der Waals surface area contributed by atoms with Gasteiger partial charge in [-0.1, -0.05) is 34.7 Å². The highest BCUT2D eigenvalue weighted by Gasteiger charge is 2.24. The third kappa shape index (κ3) is 3.48. The number of urea groups is 1. The summed E-state index contributed by atoms with van der Waals surface area (Å²) < 4.78 is 19.0. The number of aromatic nitrogens is 4. The van der Waals surface area contributed by atoms with Gasteiger partial charge in [0.25, 0.3) is 0 Å². The molecule has 2 amide bonds. The van der Waals surface area contributed by atoms with Crippen LogP contribution in [0.25, 0.3) is 0 Å². The number of amides is 2. The number of carbonyl (C=O) groups excluding carboxylic acids is 1. The predicted octanol–water partition coefficient (Wildman–Crippen LogP) is 2.28. The monoisotopic (exact) mass is 334 g/mol. The Morgan fingerprint density at radius 3 is 2.87 bits per heavy atom. The van der Waals surface area contributed by atoms with Gasteiger partial charge in [-0.15, -0.1) is 10.2 Å². The molecule has 10 heteroatoms. The molecule has 0 aliphatic heterocycles. The lowest BCUT2D eigenvalue weighted by Gasteiger charge is -2.16. The fourth-order valence-electron chi connectivity index (χ4n) is 1.91. The van der Waals surface area contributed by atoms with E-state index in [4.69, 9.17) is 4.52 Å². The van der Waals surface area contributed by atoms with Gasteiger partial charge in [0.1, 0.15) is 17.4 Å². The highest BCUT2D eigenvalue weighted by molar-refractivity contribution is 7.13. The minimum absolute atomic E-state index is 0.153. The van der Waals surface area contributed by atoms with Crippen molar-refractivity contribution in [3.63, 3.8) is 0 Å². The van der Waals surface area contributed by atoms with Gasteiger partial charge in [0.05, 0.1) is 0 Å². The van der Waals surface area contributed by atoms with Crippen molar-refractivity contribution in [2.24, 2.45) is 0 Å². The normalized spacial score (nSPS) is 11.9. The molecule has 2 N–H and O–H groups in total. The first-order valence-electron chi connectivity index (χ1n) is 6.52. The van der Waals surface area contributed by atoms with Crippen molar-refractivity contribution in [3.05, 3.63) is 52.9 Å². The number of aryl methyl sites for hydroxylation is 1. The number of carbonyl (C=O) groups is 1. The standard InChI is InChI=1S/C13H11FN6O2S/c1-7-16-11(20-22-7)10(8-4-2-3-5-9(8)14)17-12(21)18-13-19-15-6-23-13/h2-6,10H,1H3,(H2,17,18,19,21). The van der Waals surface area contributed by atoms with Crippen LogP contribution in [0.1, 0.15) is 23.3 Å². The summed E-state index contributed by atoms with van der Waals surface area (Å²) in [6.07, 6.45) is 0. The van der Waals surface area contributed by atoms with Crippen molar-refractivity contribution < 1.29 is 13.7 Å². The molecule has 23 heavy (non-hydrogen) atoms. The van der Waals surface area contributed by atoms with E-state index in [2.05, 4.69) is 31.0 Å². The van der Waals surface area contributed by atoms with Gasteiger partial charge in [-0.3, -0.25) is 5.32 Å². The van der Waals surface area contributed by atoms with Crippen molar-refractivity contribution in [1.29, 1.82) is 0 Å². The molecule has 0 saturated heterocycles. The Morgan fingerprint density at radius 2 is 2.22 bits per heavy atom. The summed E-state index contributed by atoms with van der Waals surface area (Å²) in [7, 11) is 0. The first kappa shape index (κ1) is 15.0. The minimum Gasteiger partial charge on any atom is -0.340 e. The summed E-state index contributed by atoms with van der Waals surface area (Å²) in [4.78, 5) is 16.2. The van der Waals surface area contributed by atoms with E-state index in [0.29, 0.717) is 11.0 Å². The lowest BCUT2D eigenvalue weighted by Crippen LogP contribution is -2.34. The van der Waals surface area contributed by atoms with Gasteiger partial charge in [-0.2, -0.15) is 4.98 Å². The lowest BCUT2D eigenvalue weighted by molar-refractivity contribution is 0.249. The molecule has 0 radical (unpaired) electrons. The third-order valence-electron chi connectivity index (χ3n) is 2.87. The van der Waals surface area contributed by atoms with Crippen LogP contribution in [0.2, 0.25) is 0 Å². The average molecular weight is 334 g/mol. The first-order valence-corrected chi connectivity index (χ1v) is 7.40. The van der Waals surface area contributed by atoms with Crippen molar-refractivity contribution in [3.8, 4) is 0 Å². The molecule has 2 heterocycles. The van der Waals surface area contributed by atoms with E-state index >= 15 is 0 Å². The average Bonchev–Trinajstić information content (AvgIpc) is 3.17. The third-order valence-corrected chi connectivity index (χ3v) is 3.48. The maximum Gasteiger partial charge on any atom is 0.321 e. The van der Waals surface area contributed by atoms with Crippen LogP contribution in [-0.4, -0.2) is 26.4 Å². The van der Waals surface area contributed by atoms with Crippen LogP contribution in [0.3, 0.4) is 0 Å². The van der Waals surface area contributed by atoms with Gasteiger partial charge in [0, 0.05) is 12.5 Å². The van der Waals surface area contributed by atoms with E-state index in [0.717, 1.165) is 11.3 Å². The van der Waals surface area contributed by atoms with Crippen LogP contribution in [0.15, 0.2) is 34.3 Å². The van der Waals surface area contributed by atoms with Crippen molar-refractivity contribution >= 4 is 22.5 Å². The highest BCUT2D eigenvalue weighted by Crippen LogP contribution is 2.22. The molecule has 3 rings (SSSR count). The number of nitrogens with zero attached hydrogens (tertiary/aromatic N) is 4. The Bertz CT molecular complexity index is 806. The van der Waals surface area contributed by atoms with Crippen LogP contribution >= 0.6 is 11.3 Å². The van der Waals surface area contributed by atoms with E-state index in [-0.39, 0.29) is 11.4 Å². The lowest BCUT2D eigenvalue weighted by atomic mass is 10.1. The molecule has 0 aliphatic carbocycles. The Balaban J connectivity index is 1.86. The first-order chi connectivity index (χ1) is 11.1. The highest BCUT2D eigenvalue weighted by atomic mass is 32.1. The fourth-order valence-corrected chi connectivity index (χ4v) is 2.35. The van der Waals surface area contributed by atoms with E-state index < -0.39 is 17.9 Å². The summed E-state index contributed by atoms with van der Waals surface area (Å²) in [5.41, 5.74) is 1.70. The zero-order chi connectivity index (χ0) is 16.2. The smallest absolute Gasteiger partial charge is 0.321 e. The summed E-state index contributed by atoms with van der Waals surface area (Å²) in [5.74, 6) is -0.0242. The van der Waals surface area contributed by atoms with Gasteiger partial charge in [0.2, 0.25) is 11.0 Å². The minimum atomic E-state index is -0.901. The molecule has 0 saturated carbocycles. The molecular weight excluding hydrogens is 323 g/mol. The number of anilines is 1. The van der Waals surface area contributed by atoms with E-state index in [9.17, 15) is 9.18 Å². The summed E-state index contributed by atoms with van der Waals surface area (Å²) >= 11 is 1.16. The molecule has 1 unspecified atom stereocenters. The maximum absolute atomic E-state index is 14.1. The Hall–Kier alpha value is -2.88. The summed E-state index contributed by atoms with van der Waals surface area (Å²) in [6, 6.07) is 4.55. The second kappa shape index (κ2) is 6.48. The second-order valence-electron chi connectivity index (χ2n) is 4.47.